The number of hydrogen-bond acceptors (Lipinski definition) is 6. The zero-order valence-corrected chi connectivity index (χ0v) is 28.2. The molecule has 5 aliphatic rings. The van der Waals surface area contributed by atoms with Gasteiger partial charge >= 0.3 is 13.7 Å². The van der Waals surface area contributed by atoms with Crippen LogP contribution in [0.5, 0.6) is 11.5 Å². The van der Waals surface area contributed by atoms with E-state index in [-0.39, 0.29) is 12.1 Å². The molecular weight excluding hydrogens is 618 g/mol. The predicted molar refractivity (Wildman–Crippen MR) is 169 cm³/mol. The molecule has 0 amide bonds. The Labute approximate surface area is 268 Å². The van der Waals surface area contributed by atoms with Gasteiger partial charge in [-0.25, -0.2) is 9.25 Å². The second-order valence-electron chi connectivity index (χ2n) is 13.4. The van der Waals surface area contributed by atoms with Crippen molar-refractivity contribution >= 4 is 24.5 Å². The molecule has 0 spiro atoms. The number of aliphatic carboxylic acids is 1. The number of carbonyl (C=O) groups excluding carboxylic acids is 1. The fourth-order valence-corrected chi connectivity index (χ4v) is 11.1. The molecule has 5 aliphatic heterocycles. The van der Waals surface area contributed by atoms with E-state index in [2.05, 4.69) is 54.0 Å². The van der Waals surface area contributed by atoms with Crippen molar-refractivity contribution in [3.63, 3.8) is 0 Å². The number of carbonyl (C=O) groups is 1. The Hall–Kier alpha value is -2.88. The number of halogens is 3. The molecule has 8 nitrogen and oxygen atoms in total. The van der Waals surface area contributed by atoms with Crippen LogP contribution in [0.25, 0.3) is 5.31 Å². The fourth-order valence-electron chi connectivity index (χ4n) is 8.30. The number of alkyl halides is 3. The quantitative estimate of drug-likeness (QED) is 0.350. The Morgan fingerprint density at radius 1 is 0.957 bits per heavy atom. The number of aryl methyl sites for hydroxylation is 2. The maximum atomic E-state index is 15.5. The Bertz CT molecular complexity index is 1740. The first-order valence-electron chi connectivity index (χ1n) is 16.4. The molecule has 46 heavy (non-hydrogen) atoms. The normalized spacial score (nSPS) is 19.4. The van der Waals surface area contributed by atoms with E-state index in [9.17, 15) is 13.2 Å². The van der Waals surface area contributed by atoms with E-state index in [0.29, 0.717) is 0 Å². The Morgan fingerprint density at radius 2 is 1.54 bits per heavy atom. The first kappa shape index (κ1) is 33.0. The molecule has 5 heterocycles. The summed E-state index contributed by atoms with van der Waals surface area (Å²) in [4.78, 5) is 11.4. The van der Waals surface area contributed by atoms with Crippen molar-refractivity contribution in [1.29, 1.82) is 0 Å². The van der Waals surface area contributed by atoms with Crippen LogP contribution in [-0.4, -0.2) is 62.2 Å². The molecular formula is C34H43F3N3O5P. The summed E-state index contributed by atoms with van der Waals surface area (Å²) in [7, 11) is -1.80. The summed E-state index contributed by atoms with van der Waals surface area (Å²) in [5.74, 6) is -1.12. The van der Waals surface area contributed by atoms with Crippen LogP contribution in [-0.2, 0) is 39.6 Å². The molecule has 12 heteroatoms. The van der Waals surface area contributed by atoms with Gasteiger partial charge in [0.15, 0.2) is 0 Å². The number of carboxylic acid groups (broad SMARTS) is 1. The van der Waals surface area contributed by atoms with Crippen molar-refractivity contribution in [3.8, 4) is 11.5 Å². The second-order valence-corrected chi connectivity index (χ2v) is 15.7. The number of anilines is 1. The molecule has 2 aromatic rings. The highest BCUT2D eigenvalue weighted by Crippen LogP contribution is 2.65. The Kier molecular flexibility index (Phi) is 8.83. The molecule has 0 bridgehead atoms. The zero-order valence-electron chi connectivity index (χ0n) is 27.3. The average molecular weight is 662 g/mol. The maximum absolute atomic E-state index is 15.5. The molecule has 0 N–H and O–H groups in total. The van der Waals surface area contributed by atoms with Gasteiger partial charge in [0.05, 0.1) is 10.9 Å². The first-order chi connectivity index (χ1) is 21.8. The maximum Gasteiger partial charge on any atom is 0.430 e. The summed E-state index contributed by atoms with van der Waals surface area (Å²) in [6, 6.07) is 4.78. The number of rotatable bonds is 5. The highest BCUT2D eigenvalue weighted by atomic mass is 31.2. The minimum atomic E-state index is -5.19. The van der Waals surface area contributed by atoms with Gasteiger partial charge in [0.2, 0.25) is 5.36 Å². The SMILES string of the molecule is COP(=O)(C1=c2cc3c4c(c2Oc2c1cc1c5c2CCCN5CCC1)CCC[N+]=4CCC3)N(C(C)C)C(C)C.O=C([O-])C(F)(F)F. The van der Waals surface area contributed by atoms with E-state index in [0.717, 1.165) is 105 Å². The van der Waals surface area contributed by atoms with E-state index in [1.165, 1.54) is 33.3 Å². The van der Waals surface area contributed by atoms with Crippen LogP contribution >= 0.6 is 7.52 Å². The van der Waals surface area contributed by atoms with Gasteiger partial charge in [-0.1, -0.05) is 0 Å². The van der Waals surface area contributed by atoms with Gasteiger partial charge in [-0.3, -0.25) is 4.57 Å². The third-order valence-electron chi connectivity index (χ3n) is 9.78. The highest BCUT2D eigenvalue weighted by Gasteiger charge is 2.45. The minimum absolute atomic E-state index is 0.0657. The molecule has 0 saturated carbocycles. The summed E-state index contributed by atoms with van der Waals surface area (Å²) < 4.78 is 65.1. The number of nitrogens with zero attached hydrogens (tertiary/aromatic N) is 3. The van der Waals surface area contributed by atoms with Crippen molar-refractivity contribution in [3.05, 3.63) is 50.5 Å². The Balaban J connectivity index is 0.000000480. The standard InChI is InChI=1S/C32H43N3O3P.C2HF3O2/c1-20(2)35(21(3)4)39(36,37-5)32-26-18-22-10-6-14-33-16-8-12-24(28(22)33)30(26)38-31-25-13-9-17-34-15-7-11-23(29(25)34)19-27(31)32;3-2(4,5)1(6)7/h18-21H,6-17H2,1-5H3;(H,6,7)/q+1;/p-1. The molecule has 250 valence electrons. The van der Waals surface area contributed by atoms with E-state index < -0.39 is 19.7 Å². The molecule has 0 saturated heterocycles. The smallest absolute Gasteiger partial charge is 0.430 e. The summed E-state index contributed by atoms with van der Waals surface area (Å²) in [6.07, 6.45) is 3.53. The molecule has 1 unspecified atom stereocenters. The number of carboxylic acids is 1. The second kappa shape index (κ2) is 12.3. The lowest BCUT2D eigenvalue weighted by Crippen LogP contribution is -2.45. The topological polar surface area (TPSA) is 85.2 Å². The van der Waals surface area contributed by atoms with Crippen LogP contribution in [0.3, 0.4) is 0 Å². The van der Waals surface area contributed by atoms with E-state index >= 15 is 4.57 Å². The van der Waals surface area contributed by atoms with Crippen LogP contribution in [0, 0.1) is 0 Å². The first-order valence-corrected chi connectivity index (χ1v) is 18.0. The van der Waals surface area contributed by atoms with E-state index in [1.807, 2.05) is 0 Å². The van der Waals surface area contributed by atoms with Gasteiger partial charge in [-0.15, -0.1) is 0 Å². The van der Waals surface area contributed by atoms with Crippen molar-refractivity contribution in [1.82, 2.24) is 9.25 Å². The Morgan fingerprint density at radius 3 is 2.15 bits per heavy atom. The molecule has 2 aromatic carbocycles. The summed E-state index contributed by atoms with van der Waals surface area (Å²) in [6.45, 7) is 13.0. The zero-order chi connectivity index (χ0) is 33.1. The molecule has 0 fully saturated rings. The number of benzene rings is 2. The van der Waals surface area contributed by atoms with Crippen molar-refractivity contribution < 1.29 is 36.9 Å². The largest absolute Gasteiger partial charge is 0.542 e. The van der Waals surface area contributed by atoms with E-state index in [4.69, 9.17) is 19.2 Å². The molecule has 0 radical (unpaired) electrons. The summed E-state index contributed by atoms with van der Waals surface area (Å²) in [5.41, 5.74) is 7.79. The summed E-state index contributed by atoms with van der Waals surface area (Å²) in [5, 5.41) is 12.0. The predicted octanol–water partition coefficient (Wildman–Crippen LogP) is 4.29. The van der Waals surface area contributed by atoms with Crippen molar-refractivity contribution in [2.75, 3.05) is 38.2 Å². The van der Waals surface area contributed by atoms with Gasteiger partial charge in [0.1, 0.15) is 30.6 Å². The molecule has 1 atom stereocenters. The monoisotopic (exact) mass is 661 g/mol. The van der Waals surface area contributed by atoms with Crippen LogP contribution < -0.4 is 29.9 Å². The van der Waals surface area contributed by atoms with Crippen LogP contribution in [0.2, 0.25) is 0 Å². The minimum Gasteiger partial charge on any atom is -0.542 e. The lowest BCUT2D eigenvalue weighted by molar-refractivity contribution is -0.344. The average Bonchev–Trinajstić information content (AvgIpc) is 3.00. The van der Waals surface area contributed by atoms with Crippen LogP contribution in [0.4, 0.5) is 18.9 Å². The van der Waals surface area contributed by atoms with Crippen molar-refractivity contribution in [2.24, 2.45) is 0 Å². The van der Waals surface area contributed by atoms with Gasteiger partial charge in [0.25, 0.3) is 0 Å². The van der Waals surface area contributed by atoms with Crippen molar-refractivity contribution in [2.45, 2.75) is 97.3 Å². The van der Waals surface area contributed by atoms with Crippen LogP contribution in [0.15, 0.2) is 12.1 Å². The fraction of sp³-hybridized carbons (Fsp3) is 0.588. The van der Waals surface area contributed by atoms with Gasteiger partial charge < -0.3 is 24.1 Å². The lowest BCUT2D eigenvalue weighted by atomic mass is 9.87. The third-order valence-corrected chi connectivity index (χ3v) is 12.9. The van der Waals surface area contributed by atoms with E-state index in [1.54, 1.807) is 7.11 Å². The molecule has 0 aliphatic carbocycles. The summed E-state index contributed by atoms with van der Waals surface area (Å²) >= 11 is 0. The van der Waals surface area contributed by atoms with Gasteiger partial charge in [0, 0.05) is 72.7 Å². The lowest BCUT2D eigenvalue weighted by Gasteiger charge is -2.42. The van der Waals surface area contributed by atoms with Gasteiger partial charge in [-0.05, 0) is 83.9 Å². The highest BCUT2D eigenvalue weighted by molar-refractivity contribution is 7.67. The number of hydrogen-bond donors (Lipinski definition) is 0. The molecule has 0 aromatic heterocycles. The van der Waals surface area contributed by atoms with Gasteiger partial charge in [-0.2, -0.15) is 13.2 Å². The van der Waals surface area contributed by atoms with Crippen LogP contribution in [0.1, 0.15) is 81.2 Å². The number of ether oxygens (including phenoxy) is 1. The third kappa shape index (κ3) is 5.46. The molecule has 7 rings (SSSR count). The number of fused-ring (bicyclic) bond motifs is 4.